The first-order valence-corrected chi connectivity index (χ1v) is 8.59. The molecule has 0 spiro atoms. The first kappa shape index (κ1) is 15.9. The minimum atomic E-state index is -0.514. The van der Waals surface area contributed by atoms with Gasteiger partial charge in [-0.15, -0.1) is 4.73 Å². The number of rotatable bonds is 6. The second-order valence-electron chi connectivity index (χ2n) is 5.68. The van der Waals surface area contributed by atoms with Crippen molar-refractivity contribution >= 4 is 23.8 Å². The Bertz CT molecular complexity index is 586. The van der Waals surface area contributed by atoms with E-state index in [0.29, 0.717) is 16.4 Å². The van der Waals surface area contributed by atoms with Gasteiger partial charge in [-0.2, -0.15) is 11.8 Å². The quantitative estimate of drug-likeness (QED) is 0.445. The minimum absolute atomic E-state index is 0.0970. The number of unbranched alkanes of at least 4 members (excludes halogenated alkanes) is 1. The predicted octanol–water partition coefficient (Wildman–Crippen LogP) is 0.580. The summed E-state index contributed by atoms with van der Waals surface area (Å²) in [5, 5.41) is 25.0. The Hall–Kier alpha value is -2.03. The summed E-state index contributed by atoms with van der Waals surface area (Å²) in [5.74, 6) is -0.246. The van der Waals surface area contributed by atoms with Gasteiger partial charge in [0.1, 0.15) is 0 Å². The number of fused-ring (bicyclic) bond motifs is 1. The Morgan fingerprint density at radius 1 is 1.30 bits per heavy atom. The lowest BCUT2D eigenvalue weighted by molar-refractivity contribution is -0.145. The van der Waals surface area contributed by atoms with Gasteiger partial charge in [0.2, 0.25) is 11.8 Å². The number of urea groups is 1. The number of nitrogens with zero attached hydrogens (tertiary/aromatic N) is 1. The van der Waals surface area contributed by atoms with Crippen LogP contribution in [0, 0.1) is 0 Å². The number of carbonyl (C=O) groups is 2. The molecular weight excluding hydrogens is 322 g/mol. The molecular formula is C14H19N3O5S. The van der Waals surface area contributed by atoms with Crippen LogP contribution in [0.4, 0.5) is 4.79 Å². The van der Waals surface area contributed by atoms with Crippen LogP contribution in [0.1, 0.15) is 25.7 Å². The molecule has 0 aliphatic carbocycles. The van der Waals surface area contributed by atoms with Crippen molar-refractivity contribution in [3.63, 3.8) is 0 Å². The van der Waals surface area contributed by atoms with Crippen molar-refractivity contribution in [3.8, 4) is 11.8 Å². The van der Waals surface area contributed by atoms with Crippen molar-refractivity contribution in [1.29, 1.82) is 0 Å². The van der Waals surface area contributed by atoms with E-state index in [9.17, 15) is 19.8 Å². The molecule has 2 amide bonds. The molecule has 126 valence electrons. The van der Waals surface area contributed by atoms with Gasteiger partial charge in [0, 0.05) is 29.6 Å². The zero-order valence-corrected chi connectivity index (χ0v) is 13.2. The molecule has 0 bridgehead atoms. The molecule has 9 heteroatoms. The first-order chi connectivity index (χ1) is 11.0. The van der Waals surface area contributed by atoms with Crippen molar-refractivity contribution in [3.05, 3.63) is 12.1 Å². The van der Waals surface area contributed by atoms with E-state index in [1.54, 1.807) is 0 Å². The number of nitrogens with one attached hydrogen (secondary N) is 2. The molecule has 3 heterocycles. The van der Waals surface area contributed by atoms with Gasteiger partial charge in [0.15, 0.2) is 0 Å². The van der Waals surface area contributed by atoms with E-state index >= 15 is 0 Å². The summed E-state index contributed by atoms with van der Waals surface area (Å²) in [6.45, 7) is 0. The monoisotopic (exact) mass is 341 g/mol. The topological polar surface area (TPSA) is 113 Å². The van der Waals surface area contributed by atoms with Crippen molar-refractivity contribution in [2.24, 2.45) is 0 Å². The maximum Gasteiger partial charge on any atom is 0.333 e. The van der Waals surface area contributed by atoms with Gasteiger partial charge in [0.05, 0.1) is 12.1 Å². The van der Waals surface area contributed by atoms with Crippen molar-refractivity contribution in [2.75, 3.05) is 5.75 Å². The standard InChI is InChI=1S/C14H19N3O5S/c18-10-5-6-11(19)17(10)22-12(20)4-2-1-3-9-13-8(7-23-9)15-14(21)16-13/h5-6,8-9,13,18-19H,1-4,7H2,(H2,15,16,21)/t8-,9?,13-/m1/s1. The number of aromatic hydroxyl groups is 2. The van der Waals surface area contributed by atoms with E-state index in [0.717, 1.165) is 18.6 Å². The van der Waals surface area contributed by atoms with Crippen LogP contribution < -0.4 is 15.5 Å². The van der Waals surface area contributed by atoms with Gasteiger partial charge in [-0.25, -0.2) is 9.59 Å². The summed E-state index contributed by atoms with van der Waals surface area (Å²) < 4.78 is 0.694. The molecule has 1 unspecified atom stereocenters. The fourth-order valence-corrected chi connectivity index (χ4v) is 4.44. The van der Waals surface area contributed by atoms with Crippen LogP contribution >= 0.6 is 11.8 Å². The normalized spacial score (nSPS) is 25.7. The highest BCUT2D eigenvalue weighted by molar-refractivity contribution is 8.00. The van der Waals surface area contributed by atoms with Crippen LogP contribution in [0.2, 0.25) is 0 Å². The van der Waals surface area contributed by atoms with Crippen LogP contribution in [-0.4, -0.2) is 50.0 Å². The third kappa shape index (κ3) is 3.49. The summed E-state index contributed by atoms with van der Waals surface area (Å²) >= 11 is 1.84. The summed E-state index contributed by atoms with van der Waals surface area (Å²) in [4.78, 5) is 27.9. The number of hydrogen-bond acceptors (Lipinski definition) is 6. The third-order valence-electron chi connectivity index (χ3n) is 4.05. The molecule has 23 heavy (non-hydrogen) atoms. The molecule has 0 saturated carbocycles. The van der Waals surface area contributed by atoms with E-state index in [1.165, 1.54) is 12.1 Å². The molecule has 4 N–H and O–H groups in total. The van der Waals surface area contributed by atoms with Crippen molar-refractivity contribution in [1.82, 2.24) is 15.4 Å². The molecule has 8 nitrogen and oxygen atoms in total. The van der Waals surface area contributed by atoms with Crippen LogP contribution in [0.15, 0.2) is 12.1 Å². The maximum atomic E-state index is 11.7. The third-order valence-corrected chi connectivity index (χ3v) is 5.56. The molecule has 2 saturated heterocycles. The minimum Gasteiger partial charge on any atom is -0.492 e. The fraction of sp³-hybridized carbons (Fsp3) is 0.571. The smallest absolute Gasteiger partial charge is 0.333 e. The molecule has 1 aromatic heterocycles. The number of carbonyl (C=O) groups excluding carboxylic acids is 2. The number of amides is 2. The van der Waals surface area contributed by atoms with Crippen LogP contribution in [0.3, 0.4) is 0 Å². The highest BCUT2D eigenvalue weighted by atomic mass is 32.2. The second kappa shape index (κ2) is 6.61. The maximum absolute atomic E-state index is 11.7. The van der Waals surface area contributed by atoms with E-state index < -0.39 is 5.97 Å². The predicted molar refractivity (Wildman–Crippen MR) is 83.3 cm³/mol. The molecule has 3 atom stereocenters. The molecule has 2 aliphatic heterocycles. The lowest BCUT2D eigenvalue weighted by Gasteiger charge is -2.16. The molecule has 0 aromatic carbocycles. The average molecular weight is 341 g/mol. The molecule has 1 aromatic rings. The van der Waals surface area contributed by atoms with E-state index in [-0.39, 0.29) is 36.3 Å². The van der Waals surface area contributed by atoms with Crippen molar-refractivity contribution < 1.29 is 24.6 Å². The van der Waals surface area contributed by atoms with Crippen LogP contribution in [-0.2, 0) is 4.79 Å². The summed E-state index contributed by atoms with van der Waals surface area (Å²) in [5.41, 5.74) is 0. The Balaban J connectivity index is 1.37. The molecule has 3 rings (SSSR count). The van der Waals surface area contributed by atoms with Gasteiger partial charge in [-0.1, -0.05) is 6.42 Å². The number of aromatic nitrogens is 1. The average Bonchev–Trinajstić information content (AvgIpc) is 3.14. The van der Waals surface area contributed by atoms with Gasteiger partial charge >= 0.3 is 12.0 Å². The summed E-state index contributed by atoms with van der Waals surface area (Å²) in [7, 11) is 0. The Labute approximate surface area is 137 Å². The van der Waals surface area contributed by atoms with Gasteiger partial charge in [0.25, 0.3) is 0 Å². The van der Waals surface area contributed by atoms with E-state index in [1.807, 2.05) is 11.8 Å². The summed E-state index contributed by atoms with van der Waals surface area (Å²) in [6.07, 6.45) is 2.61. The first-order valence-electron chi connectivity index (χ1n) is 7.54. The Morgan fingerprint density at radius 2 is 2.04 bits per heavy atom. The van der Waals surface area contributed by atoms with Gasteiger partial charge in [-0.05, 0) is 12.8 Å². The van der Waals surface area contributed by atoms with Gasteiger partial charge < -0.3 is 25.7 Å². The number of hydrogen-bond donors (Lipinski definition) is 4. The zero-order chi connectivity index (χ0) is 16.4. The zero-order valence-electron chi connectivity index (χ0n) is 12.4. The molecule has 0 radical (unpaired) electrons. The van der Waals surface area contributed by atoms with E-state index in [2.05, 4.69) is 10.6 Å². The molecule has 2 aliphatic rings. The Kier molecular flexibility index (Phi) is 4.56. The highest BCUT2D eigenvalue weighted by Crippen LogP contribution is 2.33. The van der Waals surface area contributed by atoms with Crippen LogP contribution in [0.25, 0.3) is 0 Å². The second-order valence-corrected chi connectivity index (χ2v) is 6.95. The Morgan fingerprint density at radius 3 is 2.78 bits per heavy atom. The lowest BCUT2D eigenvalue weighted by Crippen LogP contribution is -2.36. The van der Waals surface area contributed by atoms with Crippen LogP contribution in [0.5, 0.6) is 11.8 Å². The largest absolute Gasteiger partial charge is 0.492 e. The molecule has 2 fully saturated rings. The van der Waals surface area contributed by atoms with Crippen molar-refractivity contribution in [2.45, 2.75) is 43.0 Å². The van der Waals surface area contributed by atoms with Gasteiger partial charge in [-0.3, -0.25) is 0 Å². The van der Waals surface area contributed by atoms with E-state index in [4.69, 9.17) is 4.84 Å². The fourth-order valence-electron chi connectivity index (χ4n) is 2.90. The summed E-state index contributed by atoms with van der Waals surface area (Å²) in [6, 6.07) is 2.76. The highest BCUT2D eigenvalue weighted by Gasteiger charge is 2.42. The number of thioether (sulfide) groups is 1. The SMILES string of the molecule is O=C1N[C@@H]2CSC(CCCCC(=O)On3c(O)ccc3O)[C@@H]2N1. The lowest BCUT2D eigenvalue weighted by atomic mass is 10.0.